The quantitative estimate of drug-likeness (QED) is 0.410. The lowest BCUT2D eigenvalue weighted by molar-refractivity contribution is -0.133. The molecule has 0 bridgehead atoms. The lowest BCUT2D eigenvalue weighted by Crippen LogP contribution is -2.55. The van der Waals surface area contributed by atoms with E-state index in [2.05, 4.69) is 20.2 Å². The summed E-state index contributed by atoms with van der Waals surface area (Å²) in [5.74, 6) is 0.772. The SMILES string of the molecule is Cc1ccc(S(=O)(=O)n2cc(CN3CNC4(CCN(c5nc(C)cc(C)n5)CC4)C3=O)c3ccccc32)cc1. The fourth-order valence-electron chi connectivity index (χ4n) is 5.72. The number of carbonyl (C=O) groups excluding carboxylic acids is 1. The molecule has 0 saturated carbocycles. The summed E-state index contributed by atoms with van der Waals surface area (Å²) in [7, 11) is -3.79. The molecule has 4 heterocycles. The van der Waals surface area contributed by atoms with Gasteiger partial charge in [-0.1, -0.05) is 35.9 Å². The molecule has 4 aromatic rings. The van der Waals surface area contributed by atoms with Crippen molar-refractivity contribution < 1.29 is 13.2 Å². The van der Waals surface area contributed by atoms with Crippen LogP contribution in [0.3, 0.4) is 0 Å². The minimum Gasteiger partial charge on any atom is -0.341 e. The third kappa shape index (κ3) is 4.47. The predicted molar refractivity (Wildman–Crippen MR) is 150 cm³/mol. The summed E-state index contributed by atoms with van der Waals surface area (Å²) in [5, 5.41) is 4.31. The molecule has 10 heteroatoms. The van der Waals surface area contributed by atoms with Crippen molar-refractivity contribution in [3.63, 3.8) is 0 Å². The Balaban J connectivity index is 1.23. The van der Waals surface area contributed by atoms with Crippen molar-refractivity contribution >= 4 is 32.8 Å². The van der Waals surface area contributed by atoms with E-state index in [4.69, 9.17) is 0 Å². The summed E-state index contributed by atoms with van der Waals surface area (Å²) in [6, 6.07) is 16.3. The maximum atomic E-state index is 13.7. The van der Waals surface area contributed by atoms with E-state index in [9.17, 15) is 13.2 Å². The number of amides is 1. The molecule has 0 unspecified atom stereocenters. The number of hydrogen-bond donors (Lipinski definition) is 1. The van der Waals surface area contributed by atoms with Crippen molar-refractivity contribution in [2.24, 2.45) is 0 Å². The second kappa shape index (κ2) is 9.46. The molecule has 2 aliphatic heterocycles. The molecule has 0 atom stereocenters. The number of fused-ring (bicyclic) bond motifs is 1. The van der Waals surface area contributed by atoms with E-state index in [1.807, 2.05) is 45.0 Å². The molecule has 2 aromatic carbocycles. The average Bonchev–Trinajstić information content (AvgIpc) is 3.43. The Morgan fingerprint density at radius 2 is 1.62 bits per heavy atom. The maximum Gasteiger partial charge on any atom is 0.268 e. The summed E-state index contributed by atoms with van der Waals surface area (Å²) >= 11 is 0. The lowest BCUT2D eigenvalue weighted by atomic mass is 9.87. The maximum absolute atomic E-state index is 13.7. The highest BCUT2D eigenvalue weighted by Gasteiger charge is 2.48. The van der Waals surface area contributed by atoms with E-state index >= 15 is 0 Å². The fraction of sp³-hybridized carbons (Fsp3) is 0.345. The monoisotopic (exact) mass is 544 g/mol. The summed E-state index contributed by atoms with van der Waals surface area (Å²) in [4.78, 5) is 27.1. The molecule has 1 N–H and O–H groups in total. The smallest absolute Gasteiger partial charge is 0.268 e. The van der Waals surface area contributed by atoms with Crippen LogP contribution in [-0.2, 0) is 21.4 Å². The minimum absolute atomic E-state index is 0.0571. The molecule has 2 fully saturated rings. The summed E-state index contributed by atoms with van der Waals surface area (Å²) < 4.78 is 28.5. The van der Waals surface area contributed by atoms with Crippen LogP contribution >= 0.6 is 0 Å². The zero-order valence-corrected chi connectivity index (χ0v) is 23.2. The molecule has 2 saturated heterocycles. The number of nitrogens with one attached hydrogen (secondary N) is 1. The van der Waals surface area contributed by atoms with Gasteiger partial charge in [0, 0.05) is 42.6 Å². The fourth-order valence-corrected chi connectivity index (χ4v) is 7.12. The number of para-hydroxylation sites is 1. The van der Waals surface area contributed by atoms with Crippen molar-refractivity contribution in [3.8, 4) is 0 Å². The molecule has 6 rings (SSSR count). The van der Waals surface area contributed by atoms with Crippen LogP contribution in [-0.4, -0.2) is 58.5 Å². The standard InChI is InChI=1S/C29H32N6O3S/c1-20-8-10-24(11-9-20)39(37,38)35-18-23(25-6-4-5-7-26(25)35)17-34-19-30-29(27(34)36)12-14-33(15-13-29)28-31-21(2)16-22(3)32-28/h4-11,16,18,30H,12-15,17,19H2,1-3H3. The Bertz CT molecular complexity index is 1650. The molecule has 1 spiro atoms. The number of nitrogens with zero attached hydrogens (tertiary/aromatic N) is 5. The largest absolute Gasteiger partial charge is 0.341 e. The molecular formula is C29H32N6O3S. The lowest BCUT2D eigenvalue weighted by Gasteiger charge is -2.37. The van der Waals surface area contributed by atoms with Crippen molar-refractivity contribution in [1.82, 2.24) is 24.2 Å². The Kier molecular flexibility index (Phi) is 6.19. The molecule has 39 heavy (non-hydrogen) atoms. The number of carbonyl (C=O) groups is 1. The summed E-state index contributed by atoms with van der Waals surface area (Å²) in [6.07, 6.45) is 2.97. The van der Waals surface area contributed by atoms with Gasteiger partial charge in [0.2, 0.25) is 11.9 Å². The van der Waals surface area contributed by atoms with E-state index in [-0.39, 0.29) is 10.8 Å². The molecule has 0 radical (unpaired) electrons. The minimum atomic E-state index is -3.79. The summed E-state index contributed by atoms with van der Waals surface area (Å²) in [6.45, 7) is 7.97. The van der Waals surface area contributed by atoms with Crippen LogP contribution in [0.4, 0.5) is 5.95 Å². The first-order chi connectivity index (χ1) is 18.7. The highest BCUT2D eigenvalue weighted by Crippen LogP contribution is 2.33. The van der Waals surface area contributed by atoms with Crippen LogP contribution in [0.15, 0.2) is 65.7 Å². The average molecular weight is 545 g/mol. The predicted octanol–water partition coefficient (Wildman–Crippen LogP) is 3.52. The molecule has 2 aromatic heterocycles. The number of benzene rings is 2. The van der Waals surface area contributed by atoms with E-state index in [0.717, 1.165) is 27.9 Å². The third-order valence-corrected chi connectivity index (χ3v) is 9.56. The third-order valence-electron chi connectivity index (χ3n) is 7.87. The van der Waals surface area contributed by atoms with E-state index in [0.29, 0.717) is 50.6 Å². The van der Waals surface area contributed by atoms with Crippen LogP contribution in [0.2, 0.25) is 0 Å². The first-order valence-electron chi connectivity index (χ1n) is 13.2. The van der Waals surface area contributed by atoms with E-state index in [1.165, 1.54) is 3.97 Å². The highest BCUT2D eigenvalue weighted by molar-refractivity contribution is 7.90. The molecular weight excluding hydrogens is 512 g/mol. The van der Waals surface area contributed by atoms with Gasteiger partial charge in [0.25, 0.3) is 10.0 Å². The first kappa shape index (κ1) is 25.5. The Labute approximate surface area is 228 Å². The van der Waals surface area contributed by atoms with Gasteiger partial charge >= 0.3 is 0 Å². The van der Waals surface area contributed by atoms with Gasteiger partial charge in [-0.3, -0.25) is 10.1 Å². The van der Waals surface area contributed by atoms with Crippen molar-refractivity contribution in [3.05, 3.63) is 83.3 Å². The zero-order valence-electron chi connectivity index (χ0n) is 22.4. The van der Waals surface area contributed by atoms with Crippen molar-refractivity contribution in [1.29, 1.82) is 0 Å². The van der Waals surface area contributed by atoms with Gasteiger partial charge in [0.1, 0.15) is 5.54 Å². The highest BCUT2D eigenvalue weighted by atomic mass is 32.2. The van der Waals surface area contributed by atoms with Crippen LogP contribution in [0.25, 0.3) is 10.9 Å². The topological polar surface area (TPSA) is 100 Å². The van der Waals surface area contributed by atoms with Gasteiger partial charge in [-0.15, -0.1) is 0 Å². The number of hydrogen-bond acceptors (Lipinski definition) is 7. The van der Waals surface area contributed by atoms with Crippen LogP contribution in [0, 0.1) is 20.8 Å². The second-order valence-corrected chi connectivity index (χ2v) is 12.5. The number of anilines is 1. The van der Waals surface area contributed by atoms with E-state index < -0.39 is 15.6 Å². The zero-order chi connectivity index (χ0) is 27.4. The van der Waals surface area contributed by atoms with Gasteiger partial charge in [0.15, 0.2) is 0 Å². The molecule has 0 aliphatic carbocycles. The first-order valence-corrected chi connectivity index (χ1v) is 14.6. The number of aryl methyl sites for hydroxylation is 3. The Morgan fingerprint density at radius 3 is 2.31 bits per heavy atom. The van der Waals surface area contributed by atoms with Gasteiger partial charge in [-0.25, -0.2) is 22.4 Å². The Hall–Kier alpha value is -3.76. The van der Waals surface area contributed by atoms with Crippen molar-refractivity contribution in [2.75, 3.05) is 24.7 Å². The van der Waals surface area contributed by atoms with Gasteiger partial charge in [0.05, 0.1) is 17.1 Å². The number of rotatable bonds is 5. The van der Waals surface area contributed by atoms with Gasteiger partial charge in [-0.05, 0) is 63.4 Å². The number of piperidine rings is 1. The van der Waals surface area contributed by atoms with Crippen LogP contribution in [0.5, 0.6) is 0 Å². The van der Waals surface area contributed by atoms with E-state index in [1.54, 1.807) is 41.4 Å². The van der Waals surface area contributed by atoms with Crippen LogP contribution in [0.1, 0.15) is 35.4 Å². The Morgan fingerprint density at radius 1 is 0.949 bits per heavy atom. The molecule has 1 amide bonds. The van der Waals surface area contributed by atoms with Gasteiger partial charge < -0.3 is 9.80 Å². The summed E-state index contributed by atoms with van der Waals surface area (Å²) in [5.41, 5.74) is 3.64. The van der Waals surface area contributed by atoms with Gasteiger partial charge in [-0.2, -0.15) is 0 Å². The van der Waals surface area contributed by atoms with Crippen molar-refractivity contribution in [2.45, 2.75) is 50.6 Å². The molecule has 9 nitrogen and oxygen atoms in total. The van der Waals surface area contributed by atoms with Crippen LogP contribution < -0.4 is 10.2 Å². The normalized spacial score (nSPS) is 17.5. The number of aromatic nitrogens is 3. The second-order valence-electron chi connectivity index (χ2n) is 10.6. The molecule has 202 valence electrons. The molecule has 2 aliphatic rings.